The molecule has 0 spiro atoms. The van der Waals surface area contributed by atoms with Gasteiger partial charge in [0.1, 0.15) is 5.58 Å². The Hall–Kier alpha value is -4.81. The van der Waals surface area contributed by atoms with Crippen LogP contribution in [0.2, 0.25) is 17.3 Å². The number of fused-ring (bicyclic) bond motifs is 5. The van der Waals surface area contributed by atoms with Crippen LogP contribution in [-0.4, -0.2) is 27.8 Å². The SMILES string of the molecule is [2H]C([2H])(c1cc(-c2[c-]cccc2)nc[c]1[Ge]([CH3])([CH3])[CH3])C(C)C.[Ir].[c-]1ccc2c(oc3ccccc32)c1-c1nc2ccccc2n1-c1ccc2ccccc2c1. The first kappa shape index (κ1) is 34.0. The number of rotatable bonds is 6. The van der Waals surface area contributed by atoms with Crippen LogP contribution >= 0.6 is 0 Å². The van der Waals surface area contributed by atoms with E-state index < -0.39 is 19.6 Å². The van der Waals surface area contributed by atoms with Crippen LogP contribution in [-0.2, 0) is 26.5 Å². The molecule has 6 aromatic carbocycles. The van der Waals surface area contributed by atoms with E-state index in [0.717, 1.165) is 71.3 Å². The third kappa shape index (κ3) is 7.39. The molecule has 0 aliphatic heterocycles. The van der Waals surface area contributed by atoms with Crippen LogP contribution in [0.3, 0.4) is 0 Å². The number of nitrogens with zero attached hydrogens (tertiary/aromatic N) is 3. The van der Waals surface area contributed by atoms with Crippen molar-refractivity contribution >= 4 is 61.4 Å². The first-order valence-electron chi connectivity index (χ1n) is 18.8. The standard InChI is InChI=1S/C29H17N2O.C18H24GeN.Ir/c1-2-9-20-18-21(17-16-19(20)8-1)31-26-14-5-4-13-25(26)30-29(31)24-12-7-11-23-22-10-3-6-15-27(22)32-28(23)24;1-14(2)11-16-12-18(15-9-7-6-8-10-15)20-13-17(16)19(3,4)5;/h1-11,13-18H;6-9,12-14H,11H2,1-5H3;/q2*-1;/i;11D2;. The van der Waals surface area contributed by atoms with Crippen molar-refractivity contribution in [1.82, 2.24) is 14.5 Å². The van der Waals surface area contributed by atoms with E-state index in [0.29, 0.717) is 0 Å². The summed E-state index contributed by atoms with van der Waals surface area (Å²) in [6.45, 7) is 3.88. The first-order chi connectivity index (χ1) is 26.0. The first-order valence-corrected chi connectivity index (χ1v) is 25.1. The van der Waals surface area contributed by atoms with E-state index in [1.165, 1.54) is 10.8 Å². The van der Waals surface area contributed by atoms with Crippen LogP contribution in [0.25, 0.3) is 72.1 Å². The molecule has 0 N–H and O–H groups in total. The Bertz CT molecular complexity index is 2790. The van der Waals surface area contributed by atoms with E-state index in [4.69, 9.17) is 12.1 Å². The summed E-state index contributed by atoms with van der Waals surface area (Å²) in [6.07, 6.45) is 0.562. The molecule has 0 bridgehead atoms. The van der Waals surface area contributed by atoms with Gasteiger partial charge in [0.15, 0.2) is 0 Å². The normalized spacial score (nSPS) is 12.4. The molecule has 0 amide bonds. The Morgan fingerprint density at radius 2 is 1.53 bits per heavy atom. The zero-order valence-corrected chi connectivity index (χ0v) is 34.9. The van der Waals surface area contributed by atoms with Crippen LogP contribution in [0.4, 0.5) is 0 Å². The molecule has 4 nitrogen and oxygen atoms in total. The molecule has 0 aliphatic rings. The summed E-state index contributed by atoms with van der Waals surface area (Å²) < 4.78 is 26.8. The number of hydrogen-bond acceptors (Lipinski definition) is 3. The monoisotopic (exact) mass is 932 g/mol. The maximum atomic E-state index is 8.56. The Labute approximate surface area is 330 Å². The molecular formula is C47H41GeIrN3O-2. The molecule has 1 radical (unpaired) electrons. The third-order valence-corrected chi connectivity index (χ3v) is 13.5. The molecule has 3 aromatic heterocycles. The minimum Gasteiger partial charge on any atom is -0.501 e. The summed E-state index contributed by atoms with van der Waals surface area (Å²) in [7, 11) is 0. The average Bonchev–Trinajstić information content (AvgIpc) is 3.77. The fraction of sp³-hybridized carbons (Fsp3) is 0.149. The second-order valence-corrected chi connectivity index (χ2v) is 25.0. The zero-order chi connectivity index (χ0) is 37.6. The molecule has 9 aromatic rings. The van der Waals surface area contributed by atoms with Crippen molar-refractivity contribution in [3.05, 3.63) is 157 Å². The fourth-order valence-corrected chi connectivity index (χ4v) is 9.76. The van der Waals surface area contributed by atoms with Gasteiger partial charge in [0, 0.05) is 31.2 Å². The summed E-state index contributed by atoms with van der Waals surface area (Å²) in [5, 5.41) is 4.59. The minimum absolute atomic E-state index is 0. The van der Waals surface area contributed by atoms with Crippen molar-refractivity contribution in [2.45, 2.75) is 37.5 Å². The number of aromatic nitrogens is 3. The average molecular weight is 931 g/mol. The number of furan rings is 1. The van der Waals surface area contributed by atoms with Gasteiger partial charge >= 0.3 is 128 Å². The number of benzene rings is 6. The molecule has 265 valence electrons. The van der Waals surface area contributed by atoms with Gasteiger partial charge in [0.25, 0.3) is 0 Å². The molecule has 0 saturated heterocycles. The zero-order valence-electron chi connectivity index (χ0n) is 32.4. The molecule has 0 saturated carbocycles. The van der Waals surface area contributed by atoms with Crippen LogP contribution in [0, 0.1) is 18.1 Å². The molecule has 0 aliphatic carbocycles. The van der Waals surface area contributed by atoms with E-state index in [-0.39, 0.29) is 26.0 Å². The third-order valence-electron chi connectivity index (χ3n) is 9.26. The number of imidazole rings is 1. The van der Waals surface area contributed by atoms with Gasteiger partial charge < -0.3 is 8.98 Å². The second kappa shape index (κ2) is 15.3. The number of para-hydroxylation sites is 3. The molecule has 0 fully saturated rings. The van der Waals surface area contributed by atoms with Crippen LogP contribution in [0.1, 0.15) is 22.2 Å². The molecular weight excluding hydrogens is 887 g/mol. The summed E-state index contributed by atoms with van der Waals surface area (Å²) in [5.74, 6) is 7.60. The smallest absolute Gasteiger partial charge is 0.120 e. The van der Waals surface area contributed by atoms with Gasteiger partial charge in [0.05, 0.1) is 22.4 Å². The second-order valence-electron chi connectivity index (χ2n) is 14.4. The summed E-state index contributed by atoms with van der Waals surface area (Å²) in [5.41, 5.74) is 8.14. The Morgan fingerprint density at radius 3 is 2.32 bits per heavy atom. The molecule has 3 heterocycles. The maximum Gasteiger partial charge on any atom is 0.120 e. The molecule has 6 heteroatoms. The Kier molecular flexibility index (Phi) is 9.80. The number of pyridine rings is 1. The predicted molar refractivity (Wildman–Crippen MR) is 220 cm³/mol. The quantitative estimate of drug-likeness (QED) is 0.123. The van der Waals surface area contributed by atoms with Gasteiger partial charge in [-0.25, -0.2) is 0 Å². The van der Waals surface area contributed by atoms with Crippen molar-refractivity contribution in [3.63, 3.8) is 0 Å². The van der Waals surface area contributed by atoms with Crippen LogP contribution < -0.4 is 4.40 Å². The summed E-state index contributed by atoms with van der Waals surface area (Å²) in [6, 6.07) is 51.6. The van der Waals surface area contributed by atoms with Gasteiger partial charge in [-0.05, 0) is 41.1 Å². The topological polar surface area (TPSA) is 43.9 Å². The van der Waals surface area contributed by atoms with Crippen molar-refractivity contribution < 1.29 is 27.3 Å². The van der Waals surface area contributed by atoms with Gasteiger partial charge in [-0.3, -0.25) is 4.98 Å². The van der Waals surface area contributed by atoms with Crippen molar-refractivity contribution in [1.29, 1.82) is 0 Å². The van der Waals surface area contributed by atoms with Crippen LogP contribution in [0.15, 0.2) is 144 Å². The molecule has 0 atom stereocenters. The molecule has 9 rings (SSSR count). The predicted octanol–water partition coefficient (Wildman–Crippen LogP) is 11.8. The van der Waals surface area contributed by atoms with Crippen LogP contribution in [0.5, 0.6) is 0 Å². The molecule has 0 unspecified atom stereocenters. The van der Waals surface area contributed by atoms with Crippen molar-refractivity contribution in [2.75, 3.05) is 0 Å². The Balaban J connectivity index is 0.000000179. The Morgan fingerprint density at radius 1 is 0.774 bits per heavy atom. The summed E-state index contributed by atoms with van der Waals surface area (Å²) in [4.78, 5) is 9.63. The van der Waals surface area contributed by atoms with Crippen molar-refractivity contribution in [3.8, 4) is 28.3 Å². The van der Waals surface area contributed by atoms with E-state index in [2.05, 4.69) is 112 Å². The van der Waals surface area contributed by atoms with E-state index in [1.807, 2.05) is 80.7 Å². The fourth-order valence-electron chi connectivity index (χ4n) is 6.81. The van der Waals surface area contributed by atoms with Gasteiger partial charge in [-0.2, -0.15) is 0 Å². The summed E-state index contributed by atoms with van der Waals surface area (Å²) >= 11 is -2.20. The van der Waals surface area contributed by atoms with E-state index in [1.54, 1.807) is 0 Å². The van der Waals surface area contributed by atoms with Gasteiger partial charge in [-0.1, -0.05) is 71.6 Å². The number of hydrogen-bond donors (Lipinski definition) is 0. The largest absolute Gasteiger partial charge is 0.501 e. The molecule has 53 heavy (non-hydrogen) atoms. The van der Waals surface area contributed by atoms with E-state index in [9.17, 15) is 0 Å². The maximum absolute atomic E-state index is 8.56. The van der Waals surface area contributed by atoms with E-state index >= 15 is 0 Å². The van der Waals surface area contributed by atoms with Crippen molar-refractivity contribution in [2.24, 2.45) is 5.92 Å². The minimum atomic E-state index is -2.20. The van der Waals surface area contributed by atoms with Gasteiger partial charge in [-0.15, -0.1) is 18.2 Å². The van der Waals surface area contributed by atoms with Gasteiger partial charge in [0.2, 0.25) is 0 Å².